The fraction of sp³-hybridized carbons (Fsp3) is 0.250. The van der Waals surface area contributed by atoms with Gasteiger partial charge in [-0.05, 0) is 43.2 Å². The van der Waals surface area contributed by atoms with Crippen LogP contribution in [0.3, 0.4) is 0 Å². The highest BCUT2D eigenvalue weighted by molar-refractivity contribution is 7.89. The first kappa shape index (κ1) is 21.6. The summed E-state index contributed by atoms with van der Waals surface area (Å²) in [4.78, 5) is 22.7. The Kier molecular flexibility index (Phi) is 5.97. The SMILES string of the molecule is O=C(OCc1nnc(-c2ccc([N+](=O)[O-])cc2)o1)c1cccc(S(=O)(=O)N2CCCC2)c1. The molecule has 0 radical (unpaired) electrons. The van der Waals surface area contributed by atoms with E-state index in [1.54, 1.807) is 0 Å². The molecule has 0 spiro atoms. The number of nitrogens with zero attached hydrogens (tertiary/aromatic N) is 4. The van der Waals surface area contributed by atoms with Gasteiger partial charge in [0, 0.05) is 30.8 Å². The van der Waals surface area contributed by atoms with E-state index in [0.717, 1.165) is 12.8 Å². The molecule has 1 aliphatic rings. The van der Waals surface area contributed by atoms with Crippen LogP contribution in [0.15, 0.2) is 57.8 Å². The Bertz CT molecular complexity index is 1250. The number of esters is 1. The Morgan fingerprint density at radius 3 is 2.53 bits per heavy atom. The summed E-state index contributed by atoms with van der Waals surface area (Å²) in [5, 5.41) is 18.4. The van der Waals surface area contributed by atoms with Crippen molar-refractivity contribution in [1.29, 1.82) is 0 Å². The first-order valence-corrected chi connectivity index (χ1v) is 11.1. The number of ether oxygens (including phenoxy) is 1. The molecule has 166 valence electrons. The molecule has 12 heteroatoms. The Labute approximate surface area is 182 Å². The first-order valence-electron chi connectivity index (χ1n) is 9.69. The molecule has 32 heavy (non-hydrogen) atoms. The summed E-state index contributed by atoms with van der Waals surface area (Å²) in [5.41, 5.74) is 0.484. The number of hydrogen-bond acceptors (Lipinski definition) is 9. The Morgan fingerprint density at radius 1 is 1.12 bits per heavy atom. The molecular formula is C20H18N4O7S. The lowest BCUT2D eigenvalue weighted by atomic mass is 10.2. The zero-order chi connectivity index (χ0) is 22.7. The van der Waals surface area contributed by atoms with Gasteiger partial charge in [0.25, 0.3) is 11.6 Å². The average Bonchev–Trinajstić information content (AvgIpc) is 3.50. The van der Waals surface area contributed by atoms with Crippen molar-refractivity contribution in [3.63, 3.8) is 0 Å². The van der Waals surface area contributed by atoms with Gasteiger partial charge in [-0.15, -0.1) is 10.2 Å². The molecule has 1 aromatic heterocycles. The molecule has 1 aliphatic heterocycles. The van der Waals surface area contributed by atoms with Gasteiger partial charge in [0.1, 0.15) is 0 Å². The second-order valence-electron chi connectivity index (χ2n) is 7.02. The van der Waals surface area contributed by atoms with Gasteiger partial charge in [-0.3, -0.25) is 10.1 Å². The van der Waals surface area contributed by atoms with Crippen LogP contribution in [-0.2, 0) is 21.4 Å². The van der Waals surface area contributed by atoms with Gasteiger partial charge in [-0.2, -0.15) is 4.31 Å². The largest absolute Gasteiger partial charge is 0.452 e. The van der Waals surface area contributed by atoms with Gasteiger partial charge in [-0.25, -0.2) is 13.2 Å². The molecule has 0 unspecified atom stereocenters. The van der Waals surface area contributed by atoms with E-state index in [0.29, 0.717) is 18.7 Å². The van der Waals surface area contributed by atoms with E-state index >= 15 is 0 Å². The second kappa shape index (κ2) is 8.85. The van der Waals surface area contributed by atoms with E-state index in [-0.39, 0.29) is 34.5 Å². The third-order valence-electron chi connectivity index (χ3n) is 4.89. The van der Waals surface area contributed by atoms with Crippen molar-refractivity contribution >= 4 is 21.7 Å². The van der Waals surface area contributed by atoms with Crippen LogP contribution < -0.4 is 0 Å². The molecule has 0 saturated carbocycles. The van der Waals surface area contributed by atoms with E-state index < -0.39 is 20.9 Å². The van der Waals surface area contributed by atoms with Crippen molar-refractivity contribution in [3.8, 4) is 11.5 Å². The van der Waals surface area contributed by atoms with Gasteiger partial charge in [0.05, 0.1) is 15.4 Å². The van der Waals surface area contributed by atoms with Crippen molar-refractivity contribution in [2.24, 2.45) is 0 Å². The molecule has 3 aromatic rings. The minimum Gasteiger partial charge on any atom is -0.452 e. The summed E-state index contributed by atoms with van der Waals surface area (Å²) in [5.74, 6) is -0.601. The molecule has 0 N–H and O–H groups in total. The van der Waals surface area contributed by atoms with Crippen molar-refractivity contribution in [2.75, 3.05) is 13.1 Å². The van der Waals surface area contributed by atoms with Crippen molar-refractivity contribution < 1.29 is 27.3 Å². The van der Waals surface area contributed by atoms with Gasteiger partial charge < -0.3 is 9.15 Å². The molecule has 4 rings (SSSR count). The number of rotatable bonds is 7. The van der Waals surface area contributed by atoms with Crippen molar-refractivity contribution in [2.45, 2.75) is 24.3 Å². The van der Waals surface area contributed by atoms with Gasteiger partial charge in [0.2, 0.25) is 15.9 Å². The molecular weight excluding hydrogens is 440 g/mol. The number of aromatic nitrogens is 2. The molecule has 0 atom stereocenters. The lowest BCUT2D eigenvalue weighted by Gasteiger charge is -2.15. The molecule has 0 amide bonds. The highest BCUT2D eigenvalue weighted by atomic mass is 32.2. The minimum atomic E-state index is -3.66. The van der Waals surface area contributed by atoms with Gasteiger partial charge >= 0.3 is 5.97 Å². The predicted molar refractivity (Wildman–Crippen MR) is 110 cm³/mol. The zero-order valence-electron chi connectivity index (χ0n) is 16.7. The summed E-state index contributed by atoms with van der Waals surface area (Å²) in [7, 11) is -3.66. The van der Waals surface area contributed by atoms with Crippen LogP contribution in [0.2, 0.25) is 0 Å². The number of benzene rings is 2. The number of nitro benzene ring substituents is 1. The monoisotopic (exact) mass is 458 g/mol. The van der Waals surface area contributed by atoms with Crippen LogP contribution in [-0.4, -0.2) is 46.9 Å². The van der Waals surface area contributed by atoms with Crippen molar-refractivity contribution in [1.82, 2.24) is 14.5 Å². The summed E-state index contributed by atoms with van der Waals surface area (Å²) in [6.07, 6.45) is 1.63. The second-order valence-corrected chi connectivity index (χ2v) is 8.96. The maximum Gasteiger partial charge on any atom is 0.338 e. The van der Waals surface area contributed by atoms with E-state index in [1.807, 2.05) is 0 Å². The van der Waals surface area contributed by atoms with Gasteiger partial charge in [-0.1, -0.05) is 6.07 Å². The summed E-state index contributed by atoms with van der Waals surface area (Å²) >= 11 is 0. The molecule has 2 heterocycles. The first-order chi connectivity index (χ1) is 15.3. The highest BCUT2D eigenvalue weighted by Crippen LogP contribution is 2.23. The number of sulfonamides is 1. The third kappa shape index (κ3) is 4.50. The smallest absolute Gasteiger partial charge is 0.338 e. The minimum absolute atomic E-state index is 0.0209. The maximum atomic E-state index is 12.7. The molecule has 1 fully saturated rings. The topological polar surface area (TPSA) is 146 Å². The van der Waals surface area contributed by atoms with Crippen LogP contribution in [0.25, 0.3) is 11.5 Å². The standard InChI is InChI=1S/C20H18N4O7S/c25-20(15-4-3-5-17(12-15)32(28,29)23-10-1-2-11-23)30-13-18-21-22-19(31-18)14-6-8-16(9-7-14)24(26)27/h3-9,12H,1-2,10-11,13H2. The Hall–Kier alpha value is -3.64. The maximum absolute atomic E-state index is 12.7. The Morgan fingerprint density at radius 2 is 1.84 bits per heavy atom. The summed E-state index contributed by atoms with van der Waals surface area (Å²) in [6.45, 7) is 0.610. The summed E-state index contributed by atoms with van der Waals surface area (Å²) in [6, 6.07) is 11.2. The molecule has 1 saturated heterocycles. The van der Waals surface area contributed by atoms with E-state index in [2.05, 4.69) is 10.2 Å². The van der Waals surface area contributed by atoms with E-state index in [4.69, 9.17) is 9.15 Å². The van der Waals surface area contributed by atoms with Crippen LogP contribution in [0.5, 0.6) is 0 Å². The number of carbonyl (C=O) groups is 1. The lowest BCUT2D eigenvalue weighted by molar-refractivity contribution is -0.384. The van der Waals surface area contributed by atoms with Crippen LogP contribution in [0.1, 0.15) is 29.1 Å². The molecule has 11 nitrogen and oxygen atoms in total. The Balaban J connectivity index is 1.42. The molecule has 2 aromatic carbocycles. The van der Waals surface area contributed by atoms with Crippen LogP contribution in [0.4, 0.5) is 5.69 Å². The van der Waals surface area contributed by atoms with Crippen molar-refractivity contribution in [3.05, 3.63) is 70.1 Å². The molecule has 0 bridgehead atoms. The van der Waals surface area contributed by atoms with Gasteiger partial charge in [0.15, 0.2) is 6.61 Å². The lowest BCUT2D eigenvalue weighted by Crippen LogP contribution is -2.28. The fourth-order valence-corrected chi connectivity index (χ4v) is 4.79. The summed E-state index contributed by atoms with van der Waals surface area (Å²) < 4.78 is 37.4. The number of nitro groups is 1. The predicted octanol–water partition coefficient (Wildman–Crippen LogP) is 2.79. The average molecular weight is 458 g/mol. The normalized spacial score (nSPS) is 14.4. The third-order valence-corrected chi connectivity index (χ3v) is 6.79. The number of non-ortho nitro benzene ring substituents is 1. The molecule has 0 aliphatic carbocycles. The quantitative estimate of drug-likeness (QED) is 0.296. The van der Waals surface area contributed by atoms with Crippen LogP contribution in [0, 0.1) is 10.1 Å². The van der Waals surface area contributed by atoms with E-state index in [1.165, 1.54) is 52.8 Å². The van der Waals surface area contributed by atoms with E-state index in [9.17, 15) is 23.3 Å². The van der Waals surface area contributed by atoms with Crippen LogP contribution >= 0.6 is 0 Å². The highest BCUT2D eigenvalue weighted by Gasteiger charge is 2.27. The fourth-order valence-electron chi connectivity index (χ4n) is 3.23. The number of carbonyl (C=O) groups excluding carboxylic acids is 1. The number of hydrogen-bond donors (Lipinski definition) is 0. The zero-order valence-corrected chi connectivity index (χ0v) is 17.5.